The molecule has 2 aromatic heterocycles. The van der Waals surface area contributed by atoms with Gasteiger partial charge in [0.2, 0.25) is 15.9 Å². The van der Waals surface area contributed by atoms with Crippen LogP contribution in [0.1, 0.15) is 63.1 Å². The number of benzene rings is 1. The first-order chi connectivity index (χ1) is 24.0. The Bertz CT molecular complexity index is 1720. The van der Waals surface area contributed by atoms with Gasteiger partial charge in [0.15, 0.2) is 0 Å². The number of nitrogens with one attached hydrogen (secondary N) is 5. The largest absolute Gasteiger partial charge is 0.494 e. The standard InChI is InChI=1S/C35H48N6O7S2/c1-5-36-17-18-37-31(42)9-7-19-48-27-20-23(2)32(24(3)21-27)50(45,46)41-29(35(44)47-4)22-39-34(43)30-15-14-28(49-30)13-12-26-11-10-25-8-6-16-38-33(25)40-26/h10-11,14-15,20-21,29,36,41H,5-9,12-13,16-19,22H2,1-4H3,(H,37,42)(H,38,40)(H,39,43). The van der Waals surface area contributed by atoms with E-state index in [1.165, 1.54) is 16.9 Å². The number of thiophene rings is 1. The van der Waals surface area contributed by atoms with Gasteiger partial charge >= 0.3 is 5.97 Å². The van der Waals surface area contributed by atoms with Gasteiger partial charge in [-0.1, -0.05) is 13.0 Å². The van der Waals surface area contributed by atoms with Crippen LogP contribution in [0.3, 0.4) is 0 Å². The van der Waals surface area contributed by atoms with Crippen LogP contribution in [0.15, 0.2) is 41.3 Å². The molecule has 0 fully saturated rings. The van der Waals surface area contributed by atoms with E-state index in [0.29, 0.717) is 54.1 Å². The van der Waals surface area contributed by atoms with Gasteiger partial charge in [0.25, 0.3) is 5.91 Å². The molecule has 2 amide bonds. The maximum atomic E-state index is 13.5. The fraction of sp³-hybridized carbons (Fsp3) is 0.486. The van der Waals surface area contributed by atoms with Gasteiger partial charge in [-0.2, -0.15) is 4.72 Å². The molecule has 272 valence electrons. The second kappa shape index (κ2) is 18.8. The van der Waals surface area contributed by atoms with E-state index in [1.54, 1.807) is 32.0 Å². The zero-order valence-electron chi connectivity index (χ0n) is 29.1. The number of amides is 2. The molecule has 0 aliphatic carbocycles. The van der Waals surface area contributed by atoms with Crippen LogP contribution in [-0.4, -0.2) is 83.7 Å². The number of carbonyl (C=O) groups is 3. The number of nitrogens with zero attached hydrogens (tertiary/aromatic N) is 1. The second-order valence-electron chi connectivity index (χ2n) is 12.1. The minimum atomic E-state index is -4.21. The van der Waals surface area contributed by atoms with Crippen LogP contribution in [-0.2, 0) is 43.6 Å². The average molecular weight is 729 g/mol. The van der Waals surface area contributed by atoms with Crippen LogP contribution in [0.4, 0.5) is 5.82 Å². The number of carbonyl (C=O) groups excluding carboxylic acids is 3. The van der Waals surface area contributed by atoms with E-state index in [0.717, 1.165) is 55.9 Å². The molecular weight excluding hydrogens is 681 g/mol. The predicted octanol–water partition coefficient (Wildman–Crippen LogP) is 3.04. The highest BCUT2D eigenvalue weighted by Gasteiger charge is 2.29. The number of anilines is 1. The SMILES string of the molecule is CCNCCNC(=O)CCCOc1cc(C)c(S(=O)(=O)NC(CNC(=O)c2ccc(CCc3ccc4c(n3)NCCC4)s2)C(=O)OC)c(C)c1. The van der Waals surface area contributed by atoms with Crippen molar-refractivity contribution in [2.75, 3.05) is 51.8 Å². The molecule has 13 nitrogen and oxygen atoms in total. The van der Waals surface area contributed by atoms with Crippen molar-refractivity contribution in [1.82, 2.24) is 25.7 Å². The highest BCUT2D eigenvalue weighted by Crippen LogP contribution is 2.27. The zero-order chi connectivity index (χ0) is 36.1. The summed E-state index contributed by atoms with van der Waals surface area (Å²) in [6.45, 7) is 8.27. The van der Waals surface area contributed by atoms with Crippen molar-refractivity contribution < 1.29 is 32.3 Å². The van der Waals surface area contributed by atoms with E-state index in [1.807, 2.05) is 19.1 Å². The lowest BCUT2D eigenvalue weighted by molar-refractivity contribution is -0.142. The zero-order valence-corrected chi connectivity index (χ0v) is 30.8. The topological polar surface area (TPSA) is 177 Å². The highest BCUT2D eigenvalue weighted by molar-refractivity contribution is 7.89. The quantitative estimate of drug-likeness (QED) is 0.0911. The molecule has 1 unspecified atom stereocenters. The van der Waals surface area contributed by atoms with Crippen LogP contribution in [0.2, 0.25) is 0 Å². The van der Waals surface area contributed by atoms with E-state index in [9.17, 15) is 22.8 Å². The van der Waals surface area contributed by atoms with E-state index >= 15 is 0 Å². The summed E-state index contributed by atoms with van der Waals surface area (Å²) in [6.07, 6.45) is 4.38. The normalized spacial score (nSPS) is 13.1. The van der Waals surface area contributed by atoms with Crippen molar-refractivity contribution >= 4 is 45.0 Å². The molecule has 50 heavy (non-hydrogen) atoms. The fourth-order valence-electron chi connectivity index (χ4n) is 5.63. The number of esters is 1. The molecule has 4 rings (SSSR count). The van der Waals surface area contributed by atoms with Crippen LogP contribution < -0.4 is 30.7 Å². The van der Waals surface area contributed by atoms with Gasteiger partial charge in [0.05, 0.1) is 23.5 Å². The number of ether oxygens (including phenoxy) is 2. The van der Waals surface area contributed by atoms with E-state index in [2.05, 4.69) is 32.1 Å². The van der Waals surface area contributed by atoms with Crippen LogP contribution in [0.5, 0.6) is 5.75 Å². The first-order valence-corrected chi connectivity index (χ1v) is 19.2. The molecule has 0 spiro atoms. The fourth-order valence-corrected chi connectivity index (χ4v) is 8.19. The number of aromatic nitrogens is 1. The summed E-state index contributed by atoms with van der Waals surface area (Å²) in [5.41, 5.74) is 3.03. The Balaban J connectivity index is 1.30. The average Bonchev–Trinajstić information content (AvgIpc) is 3.58. The second-order valence-corrected chi connectivity index (χ2v) is 14.9. The Morgan fingerprint density at radius 3 is 2.56 bits per heavy atom. The first kappa shape index (κ1) is 38.7. The summed E-state index contributed by atoms with van der Waals surface area (Å²) in [7, 11) is -3.06. The number of hydrogen-bond acceptors (Lipinski definition) is 11. The van der Waals surface area contributed by atoms with Crippen LogP contribution >= 0.6 is 11.3 Å². The Morgan fingerprint density at radius 1 is 1.04 bits per heavy atom. The van der Waals surface area contributed by atoms with Crippen molar-refractivity contribution in [2.45, 2.75) is 70.2 Å². The molecule has 15 heteroatoms. The minimum Gasteiger partial charge on any atom is -0.494 e. The Hall–Kier alpha value is -4.05. The molecule has 0 saturated heterocycles. The minimum absolute atomic E-state index is 0.00255. The molecule has 3 aromatic rings. The van der Waals surface area contributed by atoms with Crippen molar-refractivity contribution in [1.29, 1.82) is 0 Å². The lowest BCUT2D eigenvalue weighted by atomic mass is 10.1. The van der Waals surface area contributed by atoms with Gasteiger partial charge in [-0.05, 0) is 99.5 Å². The van der Waals surface area contributed by atoms with Crippen LogP contribution in [0, 0.1) is 13.8 Å². The van der Waals surface area contributed by atoms with Gasteiger partial charge < -0.3 is 30.7 Å². The molecule has 1 aliphatic rings. The van der Waals surface area contributed by atoms with Crippen molar-refractivity contribution in [2.24, 2.45) is 0 Å². The highest BCUT2D eigenvalue weighted by atomic mass is 32.2. The Labute approximate surface area is 298 Å². The van der Waals surface area contributed by atoms with Gasteiger partial charge in [-0.3, -0.25) is 14.4 Å². The third-order valence-electron chi connectivity index (χ3n) is 8.11. The smallest absolute Gasteiger partial charge is 0.325 e. The number of pyridine rings is 1. The van der Waals surface area contributed by atoms with Gasteiger partial charge in [-0.15, -0.1) is 11.3 Å². The van der Waals surface area contributed by atoms with Gasteiger partial charge in [-0.25, -0.2) is 13.4 Å². The van der Waals surface area contributed by atoms with E-state index in [4.69, 9.17) is 14.5 Å². The number of rotatable bonds is 19. The monoisotopic (exact) mass is 728 g/mol. The molecule has 1 aliphatic heterocycles. The number of aryl methyl sites for hydroxylation is 5. The third-order valence-corrected chi connectivity index (χ3v) is 11.0. The number of fused-ring (bicyclic) bond motifs is 1. The molecule has 1 aromatic carbocycles. The number of sulfonamides is 1. The number of likely N-dealkylation sites (N-methyl/N-ethyl adjacent to an activating group) is 1. The summed E-state index contributed by atoms with van der Waals surface area (Å²) in [5.74, 6) is 0.0939. The lowest BCUT2D eigenvalue weighted by Gasteiger charge is -2.19. The van der Waals surface area contributed by atoms with Crippen molar-refractivity contribution in [3.8, 4) is 5.75 Å². The molecule has 0 saturated carbocycles. The molecule has 1 atom stereocenters. The Kier molecular flexibility index (Phi) is 14.6. The maximum absolute atomic E-state index is 13.5. The van der Waals surface area contributed by atoms with Crippen LogP contribution in [0.25, 0.3) is 0 Å². The van der Waals surface area contributed by atoms with E-state index in [-0.39, 0.29) is 24.0 Å². The van der Waals surface area contributed by atoms with Gasteiger partial charge in [0, 0.05) is 43.2 Å². The molecule has 0 bridgehead atoms. The van der Waals surface area contributed by atoms with Gasteiger partial charge in [0.1, 0.15) is 17.6 Å². The molecule has 0 radical (unpaired) electrons. The number of methoxy groups -OCH3 is 1. The Morgan fingerprint density at radius 2 is 1.82 bits per heavy atom. The summed E-state index contributed by atoms with van der Waals surface area (Å²) >= 11 is 1.34. The number of hydrogen-bond donors (Lipinski definition) is 5. The van der Waals surface area contributed by atoms with Crippen molar-refractivity contribution in [3.05, 3.63) is 68.5 Å². The third kappa shape index (κ3) is 11.2. The van der Waals surface area contributed by atoms with Crippen molar-refractivity contribution in [3.63, 3.8) is 0 Å². The van der Waals surface area contributed by atoms with E-state index < -0.39 is 27.9 Å². The predicted molar refractivity (Wildman–Crippen MR) is 193 cm³/mol. The summed E-state index contributed by atoms with van der Waals surface area (Å²) < 4.78 is 40.1. The molecular formula is C35H48N6O7S2. The first-order valence-electron chi connectivity index (χ1n) is 16.9. The lowest BCUT2D eigenvalue weighted by Crippen LogP contribution is -2.49. The summed E-state index contributed by atoms with van der Waals surface area (Å²) in [5, 5.41) is 12.0. The summed E-state index contributed by atoms with van der Waals surface area (Å²) in [4.78, 5) is 43.8. The summed E-state index contributed by atoms with van der Waals surface area (Å²) in [6, 6.07) is 9.60. The molecule has 3 heterocycles. The molecule has 5 N–H and O–H groups in total. The maximum Gasteiger partial charge on any atom is 0.325 e.